The smallest absolute Gasteiger partial charge is 0.321 e. The Balaban J connectivity index is 1.82. The molecule has 0 amide bonds. The molecule has 1 aromatic carbocycles. The average Bonchev–Trinajstić information content (AvgIpc) is 2.78. The second-order valence-electron chi connectivity index (χ2n) is 5.36. The number of hydrogen-bond donors (Lipinski definition) is 0. The van der Waals surface area contributed by atoms with Gasteiger partial charge in [-0.25, -0.2) is 0 Å². The van der Waals surface area contributed by atoms with E-state index < -0.39 is 5.92 Å². The molecule has 0 heterocycles. The third kappa shape index (κ3) is 3.47. The van der Waals surface area contributed by atoms with Gasteiger partial charge >= 0.3 is 5.97 Å². The van der Waals surface area contributed by atoms with Crippen molar-refractivity contribution in [2.75, 3.05) is 6.61 Å². The van der Waals surface area contributed by atoms with Gasteiger partial charge in [0.05, 0.1) is 6.61 Å². The van der Waals surface area contributed by atoms with Gasteiger partial charge in [0.2, 0.25) is 0 Å². The fourth-order valence-electron chi connectivity index (χ4n) is 2.66. The quantitative estimate of drug-likeness (QED) is 0.435. The van der Waals surface area contributed by atoms with E-state index in [1.54, 1.807) is 0 Å². The SMILES string of the molecule is CCCCCCCOC(=O)C1C(=O)Cc2ccccc21. The van der Waals surface area contributed by atoms with Crippen LogP contribution >= 0.6 is 0 Å². The van der Waals surface area contributed by atoms with Crippen LogP contribution in [0.15, 0.2) is 24.3 Å². The van der Waals surface area contributed by atoms with Gasteiger partial charge in [0.1, 0.15) is 5.92 Å². The number of Topliss-reactive ketones (excluding diaryl/α,β-unsaturated/α-hetero) is 1. The van der Waals surface area contributed by atoms with Crippen LogP contribution in [0.2, 0.25) is 0 Å². The number of fused-ring (bicyclic) bond motifs is 1. The Hall–Kier alpha value is -1.64. The molecule has 0 aliphatic heterocycles. The fourth-order valence-corrected chi connectivity index (χ4v) is 2.66. The van der Waals surface area contributed by atoms with E-state index in [9.17, 15) is 9.59 Å². The summed E-state index contributed by atoms with van der Waals surface area (Å²) in [7, 11) is 0. The number of rotatable bonds is 7. The summed E-state index contributed by atoms with van der Waals surface area (Å²) >= 11 is 0. The molecule has 3 nitrogen and oxygen atoms in total. The van der Waals surface area contributed by atoms with Gasteiger partial charge in [0.15, 0.2) is 5.78 Å². The largest absolute Gasteiger partial charge is 0.465 e. The van der Waals surface area contributed by atoms with Crippen molar-refractivity contribution in [3.63, 3.8) is 0 Å². The maximum Gasteiger partial charge on any atom is 0.321 e. The van der Waals surface area contributed by atoms with E-state index in [1.165, 1.54) is 19.3 Å². The summed E-state index contributed by atoms with van der Waals surface area (Å²) in [5.74, 6) is -1.11. The third-order valence-corrected chi connectivity index (χ3v) is 3.78. The van der Waals surface area contributed by atoms with Crippen molar-refractivity contribution in [2.45, 2.75) is 51.4 Å². The minimum Gasteiger partial charge on any atom is -0.465 e. The van der Waals surface area contributed by atoms with E-state index in [4.69, 9.17) is 4.74 Å². The maximum atomic E-state index is 12.1. The van der Waals surface area contributed by atoms with Gasteiger partial charge in [0, 0.05) is 6.42 Å². The standard InChI is InChI=1S/C17H22O3/c1-2-3-4-5-8-11-20-17(19)16-14-10-7-6-9-13(14)12-15(16)18/h6-7,9-10,16H,2-5,8,11-12H2,1H3. The molecule has 0 spiro atoms. The summed E-state index contributed by atoms with van der Waals surface area (Å²) in [6.07, 6.45) is 5.92. The first-order valence-corrected chi connectivity index (χ1v) is 7.51. The molecular formula is C17H22O3. The topological polar surface area (TPSA) is 43.4 Å². The zero-order valence-electron chi connectivity index (χ0n) is 12.1. The summed E-state index contributed by atoms with van der Waals surface area (Å²) < 4.78 is 5.27. The fraction of sp³-hybridized carbons (Fsp3) is 0.529. The molecule has 1 aromatic rings. The van der Waals surface area contributed by atoms with Gasteiger partial charge in [-0.05, 0) is 17.5 Å². The number of ketones is 1. The summed E-state index contributed by atoms with van der Waals surface area (Å²) in [5.41, 5.74) is 1.79. The molecule has 1 unspecified atom stereocenters. The van der Waals surface area contributed by atoms with Crippen LogP contribution in [0.1, 0.15) is 56.1 Å². The van der Waals surface area contributed by atoms with Crippen LogP contribution in [-0.4, -0.2) is 18.4 Å². The van der Waals surface area contributed by atoms with Crippen LogP contribution in [0.4, 0.5) is 0 Å². The lowest BCUT2D eigenvalue weighted by atomic mass is 10.0. The second kappa shape index (κ2) is 7.22. The van der Waals surface area contributed by atoms with E-state index >= 15 is 0 Å². The van der Waals surface area contributed by atoms with Crippen molar-refractivity contribution in [2.24, 2.45) is 0 Å². The molecule has 0 saturated heterocycles. The van der Waals surface area contributed by atoms with Crippen molar-refractivity contribution in [3.8, 4) is 0 Å². The second-order valence-corrected chi connectivity index (χ2v) is 5.36. The van der Waals surface area contributed by atoms with Crippen molar-refractivity contribution < 1.29 is 14.3 Å². The lowest BCUT2D eigenvalue weighted by Gasteiger charge is -2.10. The Labute approximate surface area is 120 Å². The van der Waals surface area contributed by atoms with Crippen LogP contribution in [0, 0.1) is 0 Å². The first kappa shape index (κ1) is 14.8. The zero-order valence-corrected chi connectivity index (χ0v) is 12.1. The van der Waals surface area contributed by atoms with E-state index in [1.807, 2.05) is 24.3 Å². The Morgan fingerprint density at radius 3 is 2.75 bits per heavy atom. The lowest BCUT2D eigenvalue weighted by molar-refractivity contribution is -0.147. The van der Waals surface area contributed by atoms with Gasteiger partial charge in [-0.15, -0.1) is 0 Å². The van der Waals surface area contributed by atoms with E-state index in [0.717, 1.165) is 24.0 Å². The van der Waals surface area contributed by atoms with Gasteiger partial charge in [-0.2, -0.15) is 0 Å². The van der Waals surface area contributed by atoms with Crippen LogP contribution in [0.25, 0.3) is 0 Å². The molecule has 1 atom stereocenters. The van der Waals surface area contributed by atoms with Crippen LogP contribution in [-0.2, 0) is 20.7 Å². The van der Waals surface area contributed by atoms with Crippen molar-refractivity contribution >= 4 is 11.8 Å². The van der Waals surface area contributed by atoms with Crippen LogP contribution in [0.3, 0.4) is 0 Å². The van der Waals surface area contributed by atoms with Gasteiger partial charge in [-0.1, -0.05) is 56.9 Å². The summed E-state index contributed by atoms with van der Waals surface area (Å²) in [6.45, 7) is 2.59. The molecule has 0 saturated carbocycles. The first-order chi connectivity index (χ1) is 9.74. The number of benzene rings is 1. The molecular weight excluding hydrogens is 252 g/mol. The van der Waals surface area contributed by atoms with E-state index in [2.05, 4.69) is 6.92 Å². The molecule has 0 N–H and O–H groups in total. The molecule has 0 fully saturated rings. The summed E-state index contributed by atoms with van der Waals surface area (Å²) in [6, 6.07) is 7.52. The predicted molar refractivity (Wildman–Crippen MR) is 77.6 cm³/mol. The highest BCUT2D eigenvalue weighted by atomic mass is 16.5. The predicted octanol–water partition coefficient (Wildman–Crippen LogP) is 3.41. The van der Waals surface area contributed by atoms with Crippen molar-refractivity contribution in [3.05, 3.63) is 35.4 Å². The number of esters is 1. The molecule has 1 aliphatic carbocycles. The molecule has 108 valence electrons. The van der Waals surface area contributed by atoms with Gasteiger partial charge < -0.3 is 4.74 Å². The van der Waals surface area contributed by atoms with Gasteiger partial charge in [-0.3, -0.25) is 9.59 Å². The summed E-state index contributed by atoms with van der Waals surface area (Å²) in [5, 5.41) is 0. The number of carbonyl (C=O) groups excluding carboxylic acids is 2. The van der Waals surface area contributed by atoms with E-state index in [0.29, 0.717) is 13.0 Å². The van der Waals surface area contributed by atoms with Crippen LogP contribution in [0.5, 0.6) is 0 Å². The molecule has 2 rings (SSSR count). The summed E-state index contributed by atoms with van der Waals surface area (Å²) in [4.78, 5) is 24.0. The van der Waals surface area contributed by atoms with E-state index in [-0.39, 0.29) is 11.8 Å². The molecule has 20 heavy (non-hydrogen) atoms. The molecule has 0 radical (unpaired) electrons. The molecule has 0 aromatic heterocycles. The number of carbonyl (C=O) groups is 2. The highest BCUT2D eigenvalue weighted by Crippen LogP contribution is 2.31. The lowest BCUT2D eigenvalue weighted by Crippen LogP contribution is -2.20. The Morgan fingerprint density at radius 2 is 1.95 bits per heavy atom. The Morgan fingerprint density at radius 1 is 1.20 bits per heavy atom. The Bertz CT molecular complexity index is 479. The molecule has 0 bridgehead atoms. The average molecular weight is 274 g/mol. The third-order valence-electron chi connectivity index (χ3n) is 3.78. The van der Waals surface area contributed by atoms with Crippen molar-refractivity contribution in [1.29, 1.82) is 0 Å². The molecule has 1 aliphatic rings. The monoisotopic (exact) mass is 274 g/mol. The normalized spacial score (nSPS) is 17.1. The first-order valence-electron chi connectivity index (χ1n) is 7.51. The van der Waals surface area contributed by atoms with Gasteiger partial charge in [0.25, 0.3) is 0 Å². The Kier molecular flexibility index (Phi) is 5.33. The number of ether oxygens (including phenoxy) is 1. The maximum absolute atomic E-state index is 12.1. The zero-order chi connectivity index (χ0) is 14.4. The molecule has 3 heteroatoms. The number of hydrogen-bond acceptors (Lipinski definition) is 3. The minimum atomic E-state index is -0.693. The number of unbranched alkanes of at least 4 members (excludes halogenated alkanes) is 4. The minimum absolute atomic E-state index is 0.0396. The van der Waals surface area contributed by atoms with Crippen molar-refractivity contribution in [1.82, 2.24) is 0 Å². The highest BCUT2D eigenvalue weighted by molar-refractivity contribution is 6.08. The van der Waals surface area contributed by atoms with Crippen LogP contribution < -0.4 is 0 Å². The highest BCUT2D eigenvalue weighted by Gasteiger charge is 2.36.